The van der Waals surface area contributed by atoms with Gasteiger partial charge in [-0.3, -0.25) is 22.5 Å². The molecule has 120 valence electrons. The smallest absolute Gasteiger partial charge is 0.243 e. The molecule has 2 aromatic rings. The Kier molecular flexibility index (Phi) is 5.99. The molecule has 0 bridgehead atoms. The first-order valence-corrected chi connectivity index (χ1v) is 5.17. The third-order valence-electron chi connectivity index (χ3n) is 1.76. The second kappa shape index (κ2) is 7.95. The predicted molar refractivity (Wildman–Crippen MR) is 66.7 cm³/mol. The molecule has 0 radical (unpaired) electrons. The van der Waals surface area contributed by atoms with Crippen LogP contribution in [0.1, 0.15) is 11.6 Å². The summed E-state index contributed by atoms with van der Waals surface area (Å²) in [6, 6.07) is 0. The van der Waals surface area contributed by atoms with Crippen LogP contribution in [0.25, 0.3) is 0 Å². The molecule has 3 heterocycles. The quantitative estimate of drug-likeness (QED) is 0.222. The maximum atomic E-state index is 10.6. The van der Waals surface area contributed by atoms with Gasteiger partial charge in [0.05, 0.1) is 0 Å². The summed E-state index contributed by atoms with van der Waals surface area (Å²) in [6.45, 7) is 0. The zero-order chi connectivity index (χ0) is 16.5. The fourth-order valence-corrected chi connectivity index (χ4v) is 1.06. The second-order valence-corrected chi connectivity index (χ2v) is 2.88. The minimum atomic E-state index is -0.0410. The zero-order valence-electron chi connectivity index (χ0n) is 10.9. The van der Waals surface area contributed by atoms with Crippen LogP contribution in [-0.4, -0.2) is 52.4 Å². The maximum absolute atomic E-state index is 10.6. The molecule has 0 saturated heterocycles. The summed E-state index contributed by atoms with van der Waals surface area (Å²) >= 11 is 0. The van der Waals surface area contributed by atoms with Gasteiger partial charge in [-0.2, -0.15) is 31.8 Å². The van der Waals surface area contributed by atoms with Crippen molar-refractivity contribution in [3.05, 3.63) is 22.1 Å². The van der Waals surface area contributed by atoms with E-state index in [2.05, 4.69) is 75.2 Å². The van der Waals surface area contributed by atoms with Crippen molar-refractivity contribution in [2.24, 2.45) is 21.9 Å². The number of nitrogens with zero attached hydrogens (tertiary/aromatic N) is 10. The molecule has 2 aromatic heterocycles. The van der Waals surface area contributed by atoms with Gasteiger partial charge < -0.3 is 10.4 Å². The largest absolute Gasteiger partial charge is 0.773 e. The van der Waals surface area contributed by atoms with E-state index in [0.29, 0.717) is 0 Å². The van der Waals surface area contributed by atoms with Gasteiger partial charge >= 0.3 is 0 Å². The van der Waals surface area contributed by atoms with E-state index in [-0.39, 0.29) is 33.2 Å². The van der Waals surface area contributed by atoms with Crippen molar-refractivity contribution in [2.45, 2.75) is 0 Å². The van der Waals surface area contributed by atoms with Crippen LogP contribution in [0.5, 0.6) is 0 Å². The van der Waals surface area contributed by atoms with E-state index < -0.39 is 0 Å². The molecule has 22 heavy (non-hydrogen) atoms. The molecule has 0 atom stereocenters. The van der Waals surface area contributed by atoms with E-state index in [0.717, 1.165) is 0 Å². The second-order valence-electron chi connectivity index (χ2n) is 2.88. The molecule has 18 heteroatoms. The third kappa shape index (κ3) is 3.76. The molecule has 0 amide bonds. The average Bonchev–Trinajstić information content (AvgIpc) is 3.20. The molecule has 3 rings (SSSR count). The Hall–Kier alpha value is -3.48. The summed E-state index contributed by atoms with van der Waals surface area (Å²) in [6.07, 6.45) is 0. The lowest BCUT2D eigenvalue weighted by Crippen LogP contribution is -2.59. The maximum Gasteiger partial charge on any atom is 0.243 e. The van der Waals surface area contributed by atoms with Gasteiger partial charge in [-0.05, 0) is 0 Å². The Morgan fingerprint density at radius 2 is 1.14 bits per heavy atom. The lowest BCUT2D eigenvalue weighted by atomic mass is 10.5. The number of rotatable bonds is 2. The Labute approximate surface area is 120 Å². The van der Waals surface area contributed by atoms with E-state index in [1.54, 1.807) is 0 Å². The molecule has 1 aliphatic rings. The van der Waals surface area contributed by atoms with Crippen molar-refractivity contribution >= 4 is 11.7 Å². The number of hydrogen-bond acceptors (Lipinski definition) is 14. The van der Waals surface area contributed by atoms with Crippen LogP contribution in [0.15, 0.2) is 10.2 Å². The van der Waals surface area contributed by atoms with Gasteiger partial charge in [-0.1, -0.05) is 10.4 Å². The number of aromatic nitrogens is 8. The molecule has 0 fully saturated rings. The van der Waals surface area contributed by atoms with Crippen molar-refractivity contribution in [3.8, 4) is 0 Å². The number of quaternary nitrogens is 2. The summed E-state index contributed by atoms with van der Waals surface area (Å²) in [5.41, 5.74) is 4.89. The Bertz CT molecular complexity index is 582. The summed E-state index contributed by atoms with van der Waals surface area (Å²) in [5.74, 6) is 14.1. The molecule has 12 N–H and O–H groups in total. The predicted octanol–water partition coefficient (Wildman–Crippen LogP) is -7.23. The van der Waals surface area contributed by atoms with Crippen LogP contribution in [0, 0.1) is 10.4 Å². The lowest BCUT2D eigenvalue weighted by molar-refractivity contribution is -0.379. The molecular formula is C4H12N16O2. The van der Waals surface area contributed by atoms with Crippen molar-refractivity contribution in [3.63, 3.8) is 0 Å². The van der Waals surface area contributed by atoms with Crippen molar-refractivity contribution in [1.29, 1.82) is 0 Å². The van der Waals surface area contributed by atoms with Crippen LogP contribution in [-0.2, 0) is 0 Å². The standard InChI is InChI=1S/C4H2N12O2.2H4N2/c17-15-11-3(9-13-15)1-5-7-2(8-6-1)4-10-14-16(18)12-4;2*1-2/h(H,5,6)(H,7,8);2*1-2H2/q-2;;/p+2. The van der Waals surface area contributed by atoms with Crippen LogP contribution in [0.4, 0.5) is 0 Å². The topological polar surface area (TPSA) is 289 Å². The van der Waals surface area contributed by atoms with Crippen LogP contribution < -0.4 is 34.2 Å². The molecule has 0 saturated carbocycles. The Morgan fingerprint density at radius 1 is 0.773 bits per heavy atom. The van der Waals surface area contributed by atoms with Gasteiger partial charge in [-0.25, -0.2) is 0 Å². The van der Waals surface area contributed by atoms with Crippen LogP contribution in [0.3, 0.4) is 0 Å². The minimum Gasteiger partial charge on any atom is -0.773 e. The van der Waals surface area contributed by atoms with Crippen molar-refractivity contribution < 1.29 is 11.7 Å². The van der Waals surface area contributed by atoms with E-state index in [1.165, 1.54) is 0 Å². The van der Waals surface area contributed by atoms with E-state index in [9.17, 15) is 10.4 Å². The highest BCUT2D eigenvalue weighted by Crippen LogP contribution is 1.95. The molecular weight excluding hydrogens is 304 g/mol. The summed E-state index contributed by atoms with van der Waals surface area (Å²) in [4.78, 5) is 0.0622. The Morgan fingerprint density at radius 3 is 1.36 bits per heavy atom. The number of tetrazole rings is 2. The highest BCUT2D eigenvalue weighted by atomic mass is 16.5. The first kappa shape index (κ1) is 16.6. The third-order valence-corrected chi connectivity index (χ3v) is 1.76. The first-order chi connectivity index (χ1) is 10.7. The van der Waals surface area contributed by atoms with Gasteiger partial charge in [0.25, 0.3) is 0 Å². The fraction of sp³-hybridized carbons (Fsp3) is 0. The lowest BCUT2D eigenvalue weighted by Gasteiger charge is -2.10. The fourth-order valence-electron chi connectivity index (χ4n) is 1.06. The normalized spacial score (nSPS) is 12.4. The van der Waals surface area contributed by atoms with Gasteiger partial charge in [0.2, 0.25) is 23.3 Å². The molecule has 18 nitrogen and oxygen atoms in total. The van der Waals surface area contributed by atoms with Crippen LogP contribution in [0.2, 0.25) is 0 Å². The van der Waals surface area contributed by atoms with E-state index in [1.807, 2.05) is 0 Å². The number of nitrogens with two attached hydrogens (primary N) is 2. The Balaban J connectivity index is 0.000000561. The molecule has 0 unspecified atom stereocenters. The number of hydrazone groups is 2. The van der Waals surface area contributed by atoms with Gasteiger partial charge in [0.1, 0.15) is 0 Å². The summed E-state index contributed by atoms with van der Waals surface area (Å²) in [5, 5.41) is 48.6. The summed E-state index contributed by atoms with van der Waals surface area (Å²) < 4.78 is 0. The minimum absolute atomic E-state index is 0.0311. The van der Waals surface area contributed by atoms with Crippen molar-refractivity contribution in [2.75, 3.05) is 0 Å². The first-order valence-electron chi connectivity index (χ1n) is 5.17. The SMILES string of the molecule is N[NH3+].N[NH3+].[O-]n1nnc(C2=NNC(c3nnn([O-])n3)=NN2)n1. The molecule has 0 aromatic carbocycles. The molecule has 1 aliphatic heterocycles. The molecule has 0 spiro atoms. The van der Waals surface area contributed by atoms with E-state index >= 15 is 0 Å². The number of nitrogens with one attached hydrogen (secondary N) is 2. The number of amidine groups is 2. The monoisotopic (exact) mass is 316 g/mol. The van der Waals surface area contributed by atoms with Gasteiger partial charge in [0, 0.05) is 0 Å². The van der Waals surface area contributed by atoms with Crippen LogP contribution >= 0.6 is 0 Å². The average molecular weight is 316 g/mol. The zero-order valence-corrected chi connectivity index (χ0v) is 10.9. The highest BCUT2D eigenvalue weighted by molar-refractivity contribution is 6.02. The van der Waals surface area contributed by atoms with Gasteiger partial charge in [0.15, 0.2) is 0 Å². The van der Waals surface area contributed by atoms with Gasteiger partial charge in [-0.15, -0.1) is 20.4 Å². The van der Waals surface area contributed by atoms with Crippen molar-refractivity contribution in [1.82, 2.24) is 51.6 Å². The highest BCUT2D eigenvalue weighted by Gasteiger charge is 2.17. The number of hydrogen-bond donors (Lipinski definition) is 6. The van der Waals surface area contributed by atoms with E-state index in [4.69, 9.17) is 0 Å². The molecule has 0 aliphatic carbocycles. The summed E-state index contributed by atoms with van der Waals surface area (Å²) in [7, 11) is 0.